The number of hydrogen-bond acceptors (Lipinski definition) is 3. The highest BCUT2D eigenvalue weighted by Crippen LogP contribution is 2.11. The molecule has 0 bridgehead atoms. The highest BCUT2D eigenvalue weighted by molar-refractivity contribution is 7.85. The van der Waals surface area contributed by atoms with Gasteiger partial charge >= 0.3 is 0 Å². The number of rotatable bonds is 7. The van der Waals surface area contributed by atoms with E-state index in [0.29, 0.717) is 6.42 Å². The first kappa shape index (κ1) is 13.7. The lowest BCUT2D eigenvalue weighted by molar-refractivity contribution is 0.203. The average Bonchev–Trinajstić information content (AvgIpc) is 2.25. The third kappa shape index (κ3) is 6.09. The molecular formula is C12H16O4S. The Morgan fingerprint density at radius 1 is 1.35 bits per heavy atom. The van der Waals surface area contributed by atoms with Crippen LogP contribution in [-0.2, 0) is 21.3 Å². The number of ether oxygens (including phenoxy) is 1. The Bertz CT molecular complexity index is 439. The highest BCUT2D eigenvalue weighted by atomic mass is 32.2. The summed E-state index contributed by atoms with van der Waals surface area (Å²) in [6.07, 6.45) is 1.80. The fourth-order valence-electron chi connectivity index (χ4n) is 1.62. The quantitative estimate of drug-likeness (QED) is 0.597. The minimum absolute atomic E-state index is 0.220. The molecule has 1 aromatic carbocycles. The molecule has 0 fully saturated rings. The van der Waals surface area contributed by atoms with Crippen LogP contribution in [0.3, 0.4) is 0 Å². The van der Waals surface area contributed by atoms with E-state index in [0.717, 1.165) is 5.56 Å². The Morgan fingerprint density at radius 2 is 2.00 bits per heavy atom. The van der Waals surface area contributed by atoms with E-state index >= 15 is 0 Å². The van der Waals surface area contributed by atoms with Gasteiger partial charge in [-0.15, -0.1) is 0 Å². The lowest BCUT2D eigenvalue weighted by Gasteiger charge is -2.14. The summed E-state index contributed by atoms with van der Waals surface area (Å²) >= 11 is 0. The van der Waals surface area contributed by atoms with E-state index in [1.165, 1.54) is 6.26 Å². The Morgan fingerprint density at radius 3 is 2.53 bits per heavy atom. The summed E-state index contributed by atoms with van der Waals surface area (Å²) in [5.41, 5.74) is 1.01. The van der Waals surface area contributed by atoms with Gasteiger partial charge in [-0.3, -0.25) is 4.55 Å². The molecule has 0 spiro atoms. The van der Waals surface area contributed by atoms with Gasteiger partial charge in [0.2, 0.25) is 0 Å². The van der Waals surface area contributed by atoms with Gasteiger partial charge in [0.15, 0.2) is 0 Å². The van der Waals surface area contributed by atoms with Crippen molar-refractivity contribution >= 4 is 10.1 Å². The second-order valence-electron chi connectivity index (χ2n) is 3.80. The van der Waals surface area contributed by atoms with Crippen LogP contribution < -0.4 is 0 Å². The van der Waals surface area contributed by atoms with Crippen molar-refractivity contribution < 1.29 is 17.7 Å². The summed E-state index contributed by atoms with van der Waals surface area (Å²) in [5.74, 6) is -0.596. The molecule has 0 radical (unpaired) electrons. The summed E-state index contributed by atoms with van der Waals surface area (Å²) in [6, 6.07) is 9.47. The fraction of sp³-hybridized carbons (Fsp3) is 0.333. The maximum atomic E-state index is 10.9. The van der Waals surface area contributed by atoms with Gasteiger partial charge in [-0.25, -0.2) is 0 Å². The van der Waals surface area contributed by atoms with E-state index in [9.17, 15) is 8.42 Å². The molecule has 1 atom stereocenters. The maximum absolute atomic E-state index is 10.9. The van der Waals surface area contributed by atoms with Crippen LogP contribution in [0.15, 0.2) is 43.2 Å². The predicted octanol–water partition coefficient (Wildman–Crippen LogP) is 1.89. The van der Waals surface area contributed by atoms with Gasteiger partial charge < -0.3 is 4.74 Å². The van der Waals surface area contributed by atoms with Crippen molar-refractivity contribution in [3.05, 3.63) is 48.7 Å². The first-order valence-corrected chi connectivity index (χ1v) is 6.84. The summed E-state index contributed by atoms with van der Waals surface area (Å²) in [6.45, 7) is 3.62. The van der Waals surface area contributed by atoms with E-state index in [1.807, 2.05) is 30.3 Å². The normalized spacial score (nSPS) is 13.0. The minimum Gasteiger partial charge on any atom is -0.501 e. The van der Waals surface area contributed by atoms with Gasteiger partial charge in [0.1, 0.15) is 0 Å². The Hall–Kier alpha value is -1.33. The zero-order valence-corrected chi connectivity index (χ0v) is 10.3. The van der Waals surface area contributed by atoms with Crippen LogP contribution in [0.1, 0.15) is 5.56 Å². The summed E-state index contributed by atoms with van der Waals surface area (Å²) < 4.78 is 35.6. The molecule has 5 heteroatoms. The second kappa shape index (κ2) is 6.42. The van der Waals surface area contributed by atoms with Crippen LogP contribution in [0, 0.1) is 5.92 Å². The van der Waals surface area contributed by atoms with Crippen molar-refractivity contribution in [3.63, 3.8) is 0 Å². The van der Waals surface area contributed by atoms with Crippen LogP contribution in [-0.4, -0.2) is 25.3 Å². The molecule has 0 saturated carbocycles. The first-order chi connectivity index (χ1) is 8.01. The van der Waals surface area contributed by atoms with E-state index in [-0.39, 0.29) is 18.3 Å². The minimum atomic E-state index is -3.99. The Balaban J connectivity index is 2.66. The van der Waals surface area contributed by atoms with E-state index in [1.54, 1.807) is 0 Å². The van der Waals surface area contributed by atoms with E-state index in [2.05, 4.69) is 6.58 Å². The summed E-state index contributed by atoms with van der Waals surface area (Å²) in [4.78, 5) is 0. The molecule has 0 aromatic heterocycles. The van der Waals surface area contributed by atoms with Crippen LogP contribution in [0.2, 0.25) is 0 Å². The maximum Gasteiger partial charge on any atom is 0.265 e. The van der Waals surface area contributed by atoms with Crippen molar-refractivity contribution in [2.45, 2.75) is 6.42 Å². The Kier molecular flexibility index (Phi) is 5.18. The molecule has 17 heavy (non-hydrogen) atoms. The topological polar surface area (TPSA) is 63.6 Å². The molecule has 0 aliphatic rings. The van der Waals surface area contributed by atoms with E-state index < -0.39 is 10.1 Å². The molecule has 0 saturated heterocycles. The monoisotopic (exact) mass is 256 g/mol. The molecule has 1 rings (SSSR count). The zero-order valence-electron chi connectivity index (χ0n) is 9.45. The smallest absolute Gasteiger partial charge is 0.265 e. The van der Waals surface area contributed by atoms with Gasteiger partial charge in [0.25, 0.3) is 10.1 Å². The molecule has 1 aromatic rings. The lowest BCUT2D eigenvalue weighted by Crippen LogP contribution is -2.21. The lowest BCUT2D eigenvalue weighted by atomic mass is 10.0. The van der Waals surface area contributed by atoms with Crippen LogP contribution in [0.25, 0.3) is 0 Å². The van der Waals surface area contributed by atoms with Gasteiger partial charge in [-0.05, 0) is 12.0 Å². The molecule has 1 N–H and O–H groups in total. The van der Waals surface area contributed by atoms with Gasteiger partial charge in [-0.2, -0.15) is 8.42 Å². The first-order valence-electron chi connectivity index (χ1n) is 5.23. The molecule has 0 heterocycles. The third-order valence-corrected chi connectivity index (χ3v) is 3.16. The van der Waals surface area contributed by atoms with Crippen molar-refractivity contribution in [2.75, 3.05) is 12.4 Å². The standard InChI is InChI=1S/C12H16O4S/c1-2-16-9-12(10-17(13,14)15)8-11-6-4-3-5-7-11/h2-7,12H,1,8-10H2,(H,13,14,15). The zero-order chi connectivity index (χ0) is 12.7. The SMILES string of the molecule is C=COCC(Cc1ccccc1)CS(=O)(=O)O. The second-order valence-corrected chi connectivity index (χ2v) is 5.30. The molecule has 1 unspecified atom stereocenters. The average molecular weight is 256 g/mol. The Labute approximate surface area is 102 Å². The molecule has 0 amide bonds. The third-order valence-electron chi connectivity index (χ3n) is 2.26. The summed E-state index contributed by atoms with van der Waals surface area (Å²) in [5, 5.41) is 0. The number of hydrogen-bond donors (Lipinski definition) is 1. The molecule has 94 valence electrons. The number of benzene rings is 1. The van der Waals surface area contributed by atoms with Crippen molar-refractivity contribution in [1.82, 2.24) is 0 Å². The molecular weight excluding hydrogens is 240 g/mol. The predicted molar refractivity (Wildman–Crippen MR) is 66.2 cm³/mol. The van der Waals surface area contributed by atoms with Gasteiger partial charge in [-0.1, -0.05) is 36.9 Å². The highest BCUT2D eigenvalue weighted by Gasteiger charge is 2.17. The summed E-state index contributed by atoms with van der Waals surface area (Å²) in [7, 11) is -3.99. The van der Waals surface area contributed by atoms with Gasteiger partial charge in [0.05, 0.1) is 18.6 Å². The van der Waals surface area contributed by atoms with Crippen molar-refractivity contribution in [1.29, 1.82) is 0 Å². The van der Waals surface area contributed by atoms with Gasteiger partial charge in [0, 0.05) is 5.92 Å². The van der Waals surface area contributed by atoms with Crippen LogP contribution in [0.5, 0.6) is 0 Å². The molecule has 0 aliphatic heterocycles. The van der Waals surface area contributed by atoms with Crippen LogP contribution in [0.4, 0.5) is 0 Å². The van der Waals surface area contributed by atoms with Crippen molar-refractivity contribution in [2.24, 2.45) is 5.92 Å². The van der Waals surface area contributed by atoms with Crippen LogP contribution >= 0.6 is 0 Å². The fourth-order valence-corrected chi connectivity index (χ4v) is 2.43. The molecule has 4 nitrogen and oxygen atoms in total. The van der Waals surface area contributed by atoms with Crippen molar-refractivity contribution in [3.8, 4) is 0 Å². The molecule has 0 aliphatic carbocycles. The van der Waals surface area contributed by atoms with E-state index in [4.69, 9.17) is 9.29 Å². The largest absolute Gasteiger partial charge is 0.501 e.